The third-order valence-corrected chi connectivity index (χ3v) is 3.83. The van der Waals surface area contributed by atoms with E-state index in [0.29, 0.717) is 0 Å². The minimum atomic E-state index is -0.331. The summed E-state index contributed by atoms with van der Waals surface area (Å²) in [5, 5.41) is 1.77. The monoisotopic (exact) mass is 292 g/mol. The first-order chi connectivity index (χ1) is 10.8. The topological polar surface area (TPSA) is 43.6 Å². The van der Waals surface area contributed by atoms with Crippen LogP contribution in [0.5, 0.6) is 0 Å². The zero-order valence-corrected chi connectivity index (χ0v) is 12.0. The minimum Gasteiger partial charge on any atom is -0.324 e. The van der Waals surface area contributed by atoms with Crippen molar-refractivity contribution in [2.45, 2.75) is 13.5 Å². The average Bonchev–Trinajstić information content (AvgIpc) is 2.88. The van der Waals surface area contributed by atoms with Gasteiger partial charge in [0, 0.05) is 35.3 Å². The van der Waals surface area contributed by atoms with E-state index in [0.717, 1.165) is 39.7 Å². The molecule has 0 radical (unpaired) electrons. The van der Waals surface area contributed by atoms with Crippen LogP contribution in [0.1, 0.15) is 6.92 Å². The number of fused-ring (bicyclic) bond motifs is 3. The molecule has 108 valence electrons. The highest BCUT2D eigenvalue weighted by atomic mass is 19.1. The molecule has 0 aliphatic heterocycles. The molecule has 0 atom stereocenters. The molecule has 0 fully saturated rings. The quantitative estimate of drug-likeness (QED) is 0.564. The van der Waals surface area contributed by atoms with E-state index in [-0.39, 0.29) is 5.82 Å². The van der Waals surface area contributed by atoms with Crippen molar-refractivity contribution >= 4 is 21.9 Å². The first-order valence-corrected chi connectivity index (χ1v) is 7.12. The molecule has 4 aromatic heterocycles. The number of halogens is 1. The third-order valence-electron chi connectivity index (χ3n) is 3.83. The van der Waals surface area contributed by atoms with E-state index in [2.05, 4.69) is 15.0 Å². The summed E-state index contributed by atoms with van der Waals surface area (Å²) in [5.41, 5.74) is 3.50. The van der Waals surface area contributed by atoms with Gasteiger partial charge in [0.25, 0.3) is 0 Å². The van der Waals surface area contributed by atoms with E-state index in [9.17, 15) is 4.39 Å². The number of aryl methyl sites for hydroxylation is 1. The normalized spacial score (nSPS) is 11.4. The van der Waals surface area contributed by atoms with Crippen LogP contribution in [0.15, 0.2) is 49.1 Å². The second kappa shape index (κ2) is 4.87. The lowest BCUT2D eigenvalue weighted by molar-refractivity contribution is 0.623. The van der Waals surface area contributed by atoms with Crippen LogP contribution in [0.25, 0.3) is 33.2 Å². The lowest BCUT2D eigenvalue weighted by atomic mass is 10.1. The van der Waals surface area contributed by atoms with E-state index < -0.39 is 0 Å². The van der Waals surface area contributed by atoms with Gasteiger partial charge in [-0.3, -0.25) is 9.97 Å². The van der Waals surface area contributed by atoms with Gasteiger partial charge in [0.05, 0.1) is 23.6 Å². The van der Waals surface area contributed by atoms with Crippen molar-refractivity contribution in [3.05, 3.63) is 54.9 Å². The number of pyridine rings is 3. The van der Waals surface area contributed by atoms with Gasteiger partial charge < -0.3 is 4.57 Å². The van der Waals surface area contributed by atoms with Crippen LogP contribution in [0.3, 0.4) is 0 Å². The fraction of sp³-hybridized carbons (Fsp3) is 0.118. The number of hydrogen-bond acceptors (Lipinski definition) is 3. The molecule has 0 saturated heterocycles. The Morgan fingerprint density at radius 3 is 2.77 bits per heavy atom. The molecule has 0 amide bonds. The molecule has 0 unspecified atom stereocenters. The Morgan fingerprint density at radius 2 is 2.00 bits per heavy atom. The van der Waals surface area contributed by atoms with Gasteiger partial charge in [-0.2, -0.15) is 0 Å². The van der Waals surface area contributed by atoms with Crippen LogP contribution in [0.2, 0.25) is 0 Å². The minimum absolute atomic E-state index is 0.331. The van der Waals surface area contributed by atoms with Crippen molar-refractivity contribution in [3.8, 4) is 11.3 Å². The van der Waals surface area contributed by atoms with E-state index in [1.807, 2.05) is 35.9 Å². The van der Waals surface area contributed by atoms with E-state index in [4.69, 9.17) is 0 Å². The summed E-state index contributed by atoms with van der Waals surface area (Å²) in [6.07, 6.45) is 6.57. The zero-order valence-electron chi connectivity index (χ0n) is 12.0. The van der Waals surface area contributed by atoms with Crippen LogP contribution in [-0.4, -0.2) is 19.5 Å². The van der Waals surface area contributed by atoms with Crippen LogP contribution < -0.4 is 0 Å². The Kier molecular flexibility index (Phi) is 2.85. The molecule has 4 heterocycles. The highest BCUT2D eigenvalue weighted by Gasteiger charge is 2.13. The molecular formula is C17H13FN4. The summed E-state index contributed by atoms with van der Waals surface area (Å²) in [6.45, 7) is 2.80. The molecule has 4 rings (SSSR count). The molecule has 4 aromatic rings. The second-order valence-corrected chi connectivity index (χ2v) is 5.10. The number of hydrogen-bond donors (Lipinski definition) is 0. The van der Waals surface area contributed by atoms with E-state index in [1.54, 1.807) is 12.4 Å². The van der Waals surface area contributed by atoms with Crippen LogP contribution in [0.4, 0.5) is 4.39 Å². The van der Waals surface area contributed by atoms with Gasteiger partial charge in [-0.15, -0.1) is 0 Å². The fourth-order valence-electron chi connectivity index (χ4n) is 2.83. The molecule has 0 saturated carbocycles. The fourth-order valence-corrected chi connectivity index (χ4v) is 2.83. The van der Waals surface area contributed by atoms with Crippen LogP contribution in [0, 0.1) is 5.82 Å². The number of aromatic nitrogens is 4. The molecule has 0 aliphatic rings. The molecule has 0 spiro atoms. The lowest BCUT2D eigenvalue weighted by Gasteiger charge is -2.03. The van der Waals surface area contributed by atoms with Crippen molar-refractivity contribution in [2.75, 3.05) is 0 Å². The Labute approximate surface area is 126 Å². The van der Waals surface area contributed by atoms with Gasteiger partial charge in [0.1, 0.15) is 11.5 Å². The van der Waals surface area contributed by atoms with E-state index in [1.165, 1.54) is 12.3 Å². The molecule has 0 aromatic carbocycles. The standard InChI is InChI=1S/C17H13FN4/c1-2-22-16-10-20-15(11-4-3-5-19-8-11)7-13(16)14-6-12(18)9-21-17(14)22/h3-10H,2H2,1H3. The largest absolute Gasteiger partial charge is 0.324 e. The Hall–Kier alpha value is -2.82. The van der Waals surface area contributed by atoms with Gasteiger partial charge >= 0.3 is 0 Å². The molecule has 4 nitrogen and oxygen atoms in total. The first-order valence-electron chi connectivity index (χ1n) is 7.12. The maximum absolute atomic E-state index is 13.6. The summed E-state index contributed by atoms with van der Waals surface area (Å²) < 4.78 is 15.6. The van der Waals surface area contributed by atoms with Crippen LogP contribution >= 0.6 is 0 Å². The van der Waals surface area contributed by atoms with Gasteiger partial charge in [0.15, 0.2) is 0 Å². The highest BCUT2D eigenvalue weighted by molar-refractivity contribution is 6.07. The van der Waals surface area contributed by atoms with Crippen LogP contribution in [-0.2, 0) is 6.54 Å². The van der Waals surface area contributed by atoms with Gasteiger partial charge in [-0.05, 0) is 31.2 Å². The summed E-state index contributed by atoms with van der Waals surface area (Å²) in [5.74, 6) is -0.331. The predicted octanol–water partition coefficient (Wildman–Crippen LogP) is 3.81. The summed E-state index contributed by atoms with van der Waals surface area (Å²) in [6, 6.07) is 7.34. The smallest absolute Gasteiger partial charge is 0.142 e. The van der Waals surface area contributed by atoms with Gasteiger partial charge in [0.2, 0.25) is 0 Å². The Balaban J connectivity index is 2.07. The predicted molar refractivity (Wildman–Crippen MR) is 83.9 cm³/mol. The molecule has 0 N–H and O–H groups in total. The van der Waals surface area contributed by atoms with Crippen molar-refractivity contribution in [1.82, 2.24) is 19.5 Å². The van der Waals surface area contributed by atoms with Gasteiger partial charge in [-0.1, -0.05) is 0 Å². The summed E-state index contributed by atoms with van der Waals surface area (Å²) in [4.78, 5) is 12.9. The molecular weight excluding hydrogens is 279 g/mol. The Bertz CT molecular complexity index is 976. The Morgan fingerprint density at radius 1 is 1.09 bits per heavy atom. The molecule has 5 heteroatoms. The lowest BCUT2D eigenvalue weighted by Crippen LogP contribution is -1.95. The maximum atomic E-state index is 13.6. The third kappa shape index (κ3) is 1.86. The second-order valence-electron chi connectivity index (χ2n) is 5.10. The molecule has 22 heavy (non-hydrogen) atoms. The number of rotatable bonds is 2. The zero-order chi connectivity index (χ0) is 15.1. The van der Waals surface area contributed by atoms with Gasteiger partial charge in [-0.25, -0.2) is 9.37 Å². The maximum Gasteiger partial charge on any atom is 0.142 e. The van der Waals surface area contributed by atoms with Crippen molar-refractivity contribution in [3.63, 3.8) is 0 Å². The SMILES string of the molecule is CCn1c2cnc(-c3cccnc3)cc2c2cc(F)cnc21. The van der Waals surface area contributed by atoms with Crippen molar-refractivity contribution in [1.29, 1.82) is 0 Å². The number of nitrogens with zero attached hydrogens (tertiary/aromatic N) is 4. The first kappa shape index (κ1) is 12.9. The highest BCUT2D eigenvalue weighted by Crippen LogP contribution is 2.30. The van der Waals surface area contributed by atoms with E-state index >= 15 is 0 Å². The van der Waals surface area contributed by atoms with Crippen molar-refractivity contribution < 1.29 is 4.39 Å². The average molecular weight is 292 g/mol. The summed E-state index contributed by atoms with van der Waals surface area (Å²) in [7, 11) is 0. The molecule has 0 aliphatic carbocycles. The molecule has 0 bridgehead atoms. The summed E-state index contributed by atoms with van der Waals surface area (Å²) >= 11 is 0. The van der Waals surface area contributed by atoms with Crippen molar-refractivity contribution in [2.24, 2.45) is 0 Å².